The summed E-state index contributed by atoms with van der Waals surface area (Å²) in [7, 11) is 0. The van der Waals surface area contributed by atoms with Crippen LogP contribution in [0, 0.1) is 0 Å². The van der Waals surface area contributed by atoms with Crippen molar-refractivity contribution in [2.45, 2.75) is 6.42 Å². The van der Waals surface area contributed by atoms with Gasteiger partial charge < -0.3 is 0 Å². The summed E-state index contributed by atoms with van der Waals surface area (Å²) in [6.07, 6.45) is 0.873. The maximum Gasteiger partial charge on any atom is 0.0774 e. The van der Waals surface area contributed by atoms with E-state index >= 15 is 0 Å². The van der Waals surface area contributed by atoms with E-state index in [0.717, 1.165) is 12.1 Å². The third kappa shape index (κ3) is 2.63. The average molecular weight is 225 g/mol. The largest absolute Gasteiger partial charge is 0.194 e. The van der Waals surface area contributed by atoms with Crippen LogP contribution in [0.1, 0.15) is 11.1 Å². The Labute approximate surface area is 100 Å². The Kier molecular flexibility index (Phi) is 3.60. The molecule has 0 aliphatic carbocycles. The zero-order chi connectivity index (χ0) is 11.2. The molecule has 0 fully saturated rings. The van der Waals surface area contributed by atoms with Crippen molar-refractivity contribution in [3.8, 4) is 0 Å². The third-order valence-corrected chi connectivity index (χ3v) is 2.49. The number of hydrogen-bond acceptors (Lipinski definition) is 2. The lowest BCUT2D eigenvalue weighted by Gasteiger charge is -2.04. The van der Waals surface area contributed by atoms with Crippen LogP contribution < -0.4 is 0 Å². The summed E-state index contributed by atoms with van der Waals surface area (Å²) in [5, 5.41) is 2.42. The Morgan fingerprint density at radius 1 is 0.938 bits per heavy atom. The second-order valence-electron chi connectivity index (χ2n) is 3.49. The van der Waals surface area contributed by atoms with Crippen molar-refractivity contribution in [2.24, 2.45) is 4.99 Å². The van der Waals surface area contributed by atoms with Crippen LogP contribution in [0.5, 0.6) is 0 Å². The number of para-hydroxylation sites is 1. The van der Waals surface area contributed by atoms with Crippen LogP contribution in [0.15, 0.2) is 59.6 Å². The molecule has 2 aromatic carbocycles. The summed E-state index contributed by atoms with van der Waals surface area (Å²) in [6.45, 7) is 0. The Hall–Kier alpha value is -1.76. The number of hydrogen-bond donors (Lipinski definition) is 0. The van der Waals surface area contributed by atoms with Crippen LogP contribution in [0.2, 0.25) is 0 Å². The Morgan fingerprint density at radius 3 is 2.38 bits per heavy atom. The second-order valence-corrected chi connectivity index (χ2v) is 3.68. The van der Waals surface area contributed by atoms with Crippen molar-refractivity contribution in [2.75, 3.05) is 0 Å². The number of isothiocyanates is 1. The van der Waals surface area contributed by atoms with Gasteiger partial charge >= 0.3 is 0 Å². The molecule has 0 spiro atoms. The first kappa shape index (κ1) is 10.7. The highest BCUT2D eigenvalue weighted by atomic mass is 32.1. The van der Waals surface area contributed by atoms with E-state index in [9.17, 15) is 0 Å². The van der Waals surface area contributed by atoms with E-state index in [1.165, 1.54) is 11.1 Å². The highest BCUT2D eigenvalue weighted by Crippen LogP contribution is 2.21. The maximum absolute atomic E-state index is 4.64. The van der Waals surface area contributed by atoms with Crippen molar-refractivity contribution in [1.82, 2.24) is 0 Å². The van der Waals surface area contributed by atoms with Gasteiger partial charge in [-0.1, -0.05) is 48.5 Å². The fraction of sp³-hybridized carbons (Fsp3) is 0.0714. The van der Waals surface area contributed by atoms with Crippen molar-refractivity contribution < 1.29 is 0 Å². The van der Waals surface area contributed by atoms with Crippen LogP contribution in [0.3, 0.4) is 0 Å². The summed E-state index contributed by atoms with van der Waals surface area (Å²) in [5.41, 5.74) is 3.35. The van der Waals surface area contributed by atoms with Gasteiger partial charge in [0.1, 0.15) is 0 Å². The van der Waals surface area contributed by atoms with Crippen molar-refractivity contribution in [3.05, 3.63) is 65.7 Å². The minimum Gasteiger partial charge on any atom is -0.194 e. The van der Waals surface area contributed by atoms with E-state index in [-0.39, 0.29) is 0 Å². The first-order chi connectivity index (χ1) is 7.90. The minimum absolute atomic E-state index is 0.873. The summed E-state index contributed by atoms with van der Waals surface area (Å²) in [6, 6.07) is 18.3. The maximum atomic E-state index is 4.64. The minimum atomic E-state index is 0.873. The molecule has 0 aliphatic heterocycles. The van der Waals surface area contributed by atoms with Gasteiger partial charge in [0, 0.05) is 0 Å². The molecular formula is C14H11NS. The lowest BCUT2D eigenvalue weighted by atomic mass is 10.0. The number of rotatable bonds is 3. The molecule has 0 aliphatic rings. The first-order valence-electron chi connectivity index (χ1n) is 5.10. The molecule has 0 saturated heterocycles. The molecule has 0 radical (unpaired) electrons. The molecule has 0 heterocycles. The third-order valence-electron chi connectivity index (χ3n) is 2.40. The smallest absolute Gasteiger partial charge is 0.0774 e. The lowest BCUT2D eigenvalue weighted by molar-refractivity contribution is 1.19. The molecule has 2 heteroatoms. The molecule has 0 aromatic heterocycles. The quantitative estimate of drug-likeness (QED) is 0.568. The molecule has 1 nitrogen and oxygen atoms in total. The molecule has 0 bridgehead atoms. The molecule has 0 N–H and O–H groups in total. The Bertz CT molecular complexity index is 513. The molecule has 2 rings (SSSR count). The van der Waals surface area contributed by atoms with Crippen LogP contribution in [0.4, 0.5) is 5.69 Å². The van der Waals surface area contributed by atoms with Gasteiger partial charge in [-0.15, -0.1) is 0 Å². The lowest BCUT2D eigenvalue weighted by Crippen LogP contribution is -1.87. The van der Waals surface area contributed by atoms with Gasteiger partial charge in [-0.2, -0.15) is 4.99 Å². The first-order valence-corrected chi connectivity index (χ1v) is 5.50. The normalized spacial score (nSPS) is 9.50. The molecule has 0 atom stereocenters. The molecule has 0 amide bonds. The van der Waals surface area contributed by atoms with E-state index in [1.54, 1.807) is 0 Å². The number of aliphatic imine (C=N–C) groups is 1. The monoisotopic (exact) mass is 225 g/mol. The van der Waals surface area contributed by atoms with Gasteiger partial charge in [0.2, 0.25) is 0 Å². The van der Waals surface area contributed by atoms with Gasteiger partial charge in [-0.05, 0) is 35.8 Å². The van der Waals surface area contributed by atoms with Crippen LogP contribution >= 0.6 is 12.2 Å². The van der Waals surface area contributed by atoms with Gasteiger partial charge in [0.15, 0.2) is 0 Å². The SMILES string of the molecule is S=C=Nc1ccccc1Cc1ccccc1. The average Bonchev–Trinajstić information content (AvgIpc) is 2.33. The van der Waals surface area contributed by atoms with Crippen LogP contribution in [-0.4, -0.2) is 5.16 Å². The van der Waals surface area contributed by atoms with E-state index in [0.29, 0.717) is 0 Å². The summed E-state index contributed by atoms with van der Waals surface area (Å²) >= 11 is 4.64. The van der Waals surface area contributed by atoms with E-state index < -0.39 is 0 Å². The fourth-order valence-corrected chi connectivity index (χ4v) is 1.73. The van der Waals surface area contributed by atoms with Crippen molar-refractivity contribution in [1.29, 1.82) is 0 Å². The Balaban J connectivity index is 2.31. The summed E-state index contributed by atoms with van der Waals surface area (Å²) in [5.74, 6) is 0. The van der Waals surface area contributed by atoms with E-state index in [4.69, 9.17) is 0 Å². The predicted octanol–water partition coefficient (Wildman–Crippen LogP) is 4.01. The van der Waals surface area contributed by atoms with Gasteiger partial charge in [-0.25, -0.2) is 0 Å². The highest BCUT2D eigenvalue weighted by Gasteiger charge is 2.00. The zero-order valence-corrected chi connectivity index (χ0v) is 9.58. The van der Waals surface area contributed by atoms with Gasteiger partial charge in [0.05, 0.1) is 10.8 Å². The zero-order valence-electron chi connectivity index (χ0n) is 8.76. The van der Waals surface area contributed by atoms with Crippen LogP contribution in [-0.2, 0) is 6.42 Å². The number of thiocarbonyl (C=S) groups is 1. The number of nitrogens with zero attached hydrogens (tertiary/aromatic N) is 1. The highest BCUT2D eigenvalue weighted by molar-refractivity contribution is 7.78. The van der Waals surface area contributed by atoms with Gasteiger partial charge in [-0.3, -0.25) is 0 Å². The van der Waals surface area contributed by atoms with Crippen molar-refractivity contribution >= 4 is 23.1 Å². The number of benzene rings is 2. The van der Waals surface area contributed by atoms with E-state index in [2.05, 4.69) is 40.6 Å². The summed E-state index contributed by atoms with van der Waals surface area (Å²) in [4.78, 5) is 4.07. The molecule has 2 aromatic rings. The van der Waals surface area contributed by atoms with Crippen LogP contribution in [0.25, 0.3) is 0 Å². The second kappa shape index (κ2) is 5.36. The molecular weight excluding hydrogens is 214 g/mol. The standard InChI is InChI=1S/C14H11NS/c16-11-15-14-9-5-4-8-13(14)10-12-6-2-1-3-7-12/h1-9H,10H2. The molecule has 16 heavy (non-hydrogen) atoms. The molecule has 0 saturated carbocycles. The molecule has 78 valence electrons. The fourth-order valence-electron chi connectivity index (χ4n) is 1.63. The molecule has 0 unspecified atom stereocenters. The van der Waals surface area contributed by atoms with Gasteiger partial charge in [0.25, 0.3) is 0 Å². The predicted molar refractivity (Wildman–Crippen MR) is 70.4 cm³/mol. The topological polar surface area (TPSA) is 12.4 Å². The summed E-state index contributed by atoms with van der Waals surface area (Å²) < 4.78 is 0. The van der Waals surface area contributed by atoms with E-state index in [1.807, 2.05) is 36.4 Å². The Morgan fingerprint density at radius 2 is 1.62 bits per heavy atom. The van der Waals surface area contributed by atoms with Crippen molar-refractivity contribution in [3.63, 3.8) is 0 Å².